The van der Waals surface area contributed by atoms with E-state index in [0.717, 1.165) is 5.56 Å². The van der Waals surface area contributed by atoms with E-state index < -0.39 is 0 Å². The third kappa shape index (κ3) is 3.55. The summed E-state index contributed by atoms with van der Waals surface area (Å²) in [7, 11) is 4.68. The van der Waals surface area contributed by atoms with E-state index in [9.17, 15) is 4.79 Å². The molecule has 0 N–H and O–H groups in total. The van der Waals surface area contributed by atoms with E-state index in [-0.39, 0.29) is 5.97 Å². The summed E-state index contributed by atoms with van der Waals surface area (Å²) < 4.78 is 20.6. The summed E-state index contributed by atoms with van der Waals surface area (Å²) in [6, 6.07) is 3.68. The third-order valence-corrected chi connectivity index (χ3v) is 2.42. The summed E-state index contributed by atoms with van der Waals surface area (Å²) in [4.78, 5) is 10.7. The Morgan fingerprint density at radius 3 is 2.00 bits per heavy atom. The molecule has 18 heavy (non-hydrogen) atoms. The molecule has 100 valence electrons. The highest BCUT2D eigenvalue weighted by Gasteiger charge is 2.13. The van der Waals surface area contributed by atoms with Crippen LogP contribution in [0.4, 0.5) is 0 Å². The first-order chi connectivity index (χ1) is 8.62. The molecule has 0 spiro atoms. The maximum atomic E-state index is 10.7. The second-order valence-corrected chi connectivity index (χ2v) is 3.62. The van der Waals surface area contributed by atoms with Crippen molar-refractivity contribution in [1.29, 1.82) is 0 Å². The SMILES string of the molecule is COc1cc(CCOC(C)=O)cc(OC)c1OC. The smallest absolute Gasteiger partial charge is 0.302 e. The van der Waals surface area contributed by atoms with Crippen LogP contribution >= 0.6 is 0 Å². The van der Waals surface area contributed by atoms with Crippen molar-refractivity contribution in [3.05, 3.63) is 17.7 Å². The maximum Gasteiger partial charge on any atom is 0.302 e. The fraction of sp³-hybridized carbons (Fsp3) is 0.462. The van der Waals surface area contributed by atoms with Gasteiger partial charge in [0.05, 0.1) is 27.9 Å². The lowest BCUT2D eigenvalue weighted by molar-refractivity contribution is -0.140. The number of rotatable bonds is 6. The summed E-state index contributed by atoms with van der Waals surface area (Å²) in [6.45, 7) is 1.71. The molecule has 0 amide bonds. The normalized spacial score (nSPS) is 9.78. The van der Waals surface area contributed by atoms with Crippen LogP contribution in [-0.4, -0.2) is 33.9 Å². The minimum absolute atomic E-state index is 0.289. The Morgan fingerprint density at radius 2 is 1.61 bits per heavy atom. The molecule has 0 atom stereocenters. The second kappa shape index (κ2) is 6.74. The van der Waals surface area contributed by atoms with Crippen LogP contribution in [0.15, 0.2) is 12.1 Å². The van der Waals surface area contributed by atoms with E-state index in [1.54, 1.807) is 21.3 Å². The van der Waals surface area contributed by atoms with Crippen molar-refractivity contribution < 1.29 is 23.7 Å². The van der Waals surface area contributed by atoms with E-state index in [0.29, 0.717) is 30.3 Å². The van der Waals surface area contributed by atoms with Crippen LogP contribution in [0.2, 0.25) is 0 Å². The van der Waals surface area contributed by atoms with Gasteiger partial charge in [0, 0.05) is 13.3 Å². The first kappa shape index (κ1) is 14.2. The van der Waals surface area contributed by atoms with Crippen molar-refractivity contribution in [2.75, 3.05) is 27.9 Å². The Labute approximate surface area is 107 Å². The van der Waals surface area contributed by atoms with Gasteiger partial charge in [0.2, 0.25) is 5.75 Å². The lowest BCUT2D eigenvalue weighted by Crippen LogP contribution is -2.04. The van der Waals surface area contributed by atoms with Crippen LogP contribution in [0.25, 0.3) is 0 Å². The van der Waals surface area contributed by atoms with Crippen LogP contribution in [0.5, 0.6) is 17.2 Å². The number of ether oxygens (including phenoxy) is 4. The highest BCUT2D eigenvalue weighted by atomic mass is 16.5. The van der Waals surface area contributed by atoms with Crippen LogP contribution in [0.1, 0.15) is 12.5 Å². The summed E-state index contributed by atoms with van der Waals surface area (Å²) in [5, 5.41) is 0. The number of hydrogen-bond acceptors (Lipinski definition) is 5. The van der Waals surface area contributed by atoms with E-state index in [1.807, 2.05) is 12.1 Å². The van der Waals surface area contributed by atoms with Gasteiger partial charge in [-0.25, -0.2) is 0 Å². The van der Waals surface area contributed by atoms with Gasteiger partial charge in [0.15, 0.2) is 11.5 Å². The monoisotopic (exact) mass is 254 g/mol. The van der Waals surface area contributed by atoms with E-state index >= 15 is 0 Å². The molecule has 1 aromatic rings. The standard InChI is InChI=1S/C13H18O5/c1-9(14)18-6-5-10-7-11(15-2)13(17-4)12(8-10)16-3/h7-8H,5-6H2,1-4H3. The Hall–Kier alpha value is -1.91. The van der Waals surface area contributed by atoms with Crippen molar-refractivity contribution in [2.45, 2.75) is 13.3 Å². The molecule has 0 fully saturated rings. The molecule has 5 nitrogen and oxygen atoms in total. The van der Waals surface area contributed by atoms with Gasteiger partial charge in [0.25, 0.3) is 0 Å². The zero-order valence-electron chi connectivity index (χ0n) is 11.1. The molecule has 0 saturated heterocycles. The number of esters is 1. The Morgan fingerprint density at radius 1 is 1.06 bits per heavy atom. The average molecular weight is 254 g/mol. The average Bonchev–Trinajstić information content (AvgIpc) is 2.36. The van der Waals surface area contributed by atoms with Gasteiger partial charge in [-0.1, -0.05) is 0 Å². The maximum absolute atomic E-state index is 10.7. The molecule has 0 unspecified atom stereocenters. The lowest BCUT2D eigenvalue weighted by atomic mass is 10.1. The molecule has 1 aromatic carbocycles. The highest BCUT2D eigenvalue weighted by molar-refractivity contribution is 5.65. The van der Waals surface area contributed by atoms with Crippen LogP contribution < -0.4 is 14.2 Å². The van der Waals surface area contributed by atoms with Crippen LogP contribution in [-0.2, 0) is 16.0 Å². The van der Waals surface area contributed by atoms with E-state index in [2.05, 4.69) is 0 Å². The van der Waals surface area contributed by atoms with Crippen LogP contribution in [0, 0.1) is 0 Å². The minimum atomic E-state index is -0.289. The summed E-state index contributed by atoms with van der Waals surface area (Å²) in [5.41, 5.74) is 0.950. The van der Waals surface area contributed by atoms with Crippen molar-refractivity contribution in [3.8, 4) is 17.2 Å². The van der Waals surface area contributed by atoms with Crippen molar-refractivity contribution in [3.63, 3.8) is 0 Å². The molecule has 0 aliphatic carbocycles. The van der Waals surface area contributed by atoms with Gasteiger partial charge < -0.3 is 18.9 Å². The topological polar surface area (TPSA) is 54.0 Å². The van der Waals surface area contributed by atoms with E-state index in [4.69, 9.17) is 18.9 Å². The van der Waals surface area contributed by atoms with E-state index in [1.165, 1.54) is 6.92 Å². The molecule has 0 aliphatic rings. The predicted molar refractivity (Wildman–Crippen MR) is 66.4 cm³/mol. The van der Waals surface area contributed by atoms with Crippen molar-refractivity contribution in [2.24, 2.45) is 0 Å². The molecule has 0 aromatic heterocycles. The third-order valence-electron chi connectivity index (χ3n) is 2.42. The first-order valence-electron chi connectivity index (χ1n) is 5.54. The second-order valence-electron chi connectivity index (χ2n) is 3.62. The minimum Gasteiger partial charge on any atom is -0.493 e. The molecule has 0 heterocycles. The number of carbonyl (C=O) groups is 1. The molecule has 0 radical (unpaired) electrons. The molecular weight excluding hydrogens is 236 g/mol. The quantitative estimate of drug-likeness (QED) is 0.725. The van der Waals surface area contributed by atoms with Gasteiger partial charge in [-0.15, -0.1) is 0 Å². The Balaban J connectivity index is 2.89. The number of benzene rings is 1. The Bertz CT molecular complexity index is 389. The first-order valence-corrected chi connectivity index (χ1v) is 5.54. The van der Waals surface area contributed by atoms with Crippen molar-refractivity contribution >= 4 is 5.97 Å². The lowest BCUT2D eigenvalue weighted by Gasteiger charge is -2.14. The van der Waals surface area contributed by atoms with Gasteiger partial charge in [0.1, 0.15) is 0 Å². The molecule has 1 rings (SSSR count). The largest absolute Gasteiger partial charge is 0.493 e. The Kier molecular flexibility index (Phi) is 5.30. The molecule has 0 aliphatic heterocycles. The van der Waals surface area contributed by atoms with Gasteiger partial charge in [-0.05, 0) is 17.7 Å². The molecular formula is C13H18O5. The predicted octanol–water partition coefficient (Wildman–Crippen LogP) is 1.82. The zero-order valence-corrected chi connectivity index (χ0v) is 11.1. The summed E-state index contributed by atoms with van der Waals surface area (Å²) >= 11 is 0. The fourth-order valence-corrected chi connectivity index (χ4v) is 1.59. The summed E-state index contributed by atoms with van der Waals surface area (Å²) in [6.07, 6.45) is 0.594. The van der Waals surface area contributed by atoms with Gasteiger partial charge >= 0.3 is 5.97 Å². The van der Waals surface area contributed by atoms with Crippen molar-refractivity contribution in [1.82, 2.24) is 0 Å². The molecule has 5 heteroatoms. The fourth-order valence-electron chi connectivity index (χ4n) is 1.59. The summed E-state index contributed by atoms with van der Waals surface area (Å²) in [5.74, 6) is 1.45. The molecule has 0 saturated carbocycles. The highest BCUT2D eigenvalue weighted by Crippen LogP contribution is 2.38. The number of hydrogen-bond donors (Lipinski definition) is 0. The molecule has 0 bridgehead atoms. The zero-order chi connectivity index (χ0) is 13.5. The van der Waals surface area contributed by atoms with Gasteiger partial charge in [-0.3, -0.25) is 4.79 Å². The number of methoxy groups -OCH3 is 3. The number of carbonyl (C=O) groups excluding carboxylic acids is 1. The van der Waals surface area contributed by atoms with Crippen LogP contribution in [0.3, 0.4) is 0 Å². The van der Waals surface area contributed by atoms with Gasteiger partial charge in [-0.2, -0.15) is 0 Å².